The molecule has 0 saturated heterocycles. The third-order valence-corrected chi connectivity index (χ3v) is 3.40. The number of ether oxygens (including phenoxy) is 1. The van der Waals surface area contributed by atoms with Crippen LogP contribution in [0.2, 0.25) is 0 Å². The van der Waals surface area contributed by atoms with Gasteiger partial charge < -0.3 is 20.3 Å². The fraction of sp³-hybridized carbons (Fsp3) is 0.500. The summed E-state index contributed by atoms with van der Waals surface area (Å²) in [5, 5.41) is 5.19. The predicted octanol–water partition coefficient (Wildman–Crippen LogP) is -0.509. The summed E-state index contributed by atoms with van der Waals surface area (Å²) in [7, 11) is 1.42. The van der Waals surface area contributed by atoms with Crippen LogP contribution in [0.1, 0.15) is 19.4 Å². The zero-order valence-corrected chi connectivity index (χ0v) is 13.9. The summed E-state index contributed by atoms with van der Waals surface area (Å²) >= 11 is 0. The number of methoxy groups -OCH3 is 1. The van der Waals surface area contributed by atoms with Crippen molar-refractivity contribution in [3.8, 4) is 5.75 Å². The molecule has 0 bridgehead atoms. The minimum Gasteiger partial charge on any atom is -0.494 e. The predicted molar refractivity (Wildman–Crippen MR) is 84.7 cm³/mol. The Morgan fingerprint density at radius 1 is 1.22 bits per heavy atom. The first-order valence-electron chi connectivity index (χ1n) is 7.69. The van der Waals surface area contributed by atoms with E-state index in [1.807, 2.05) is 13.8 Å². The Bertz CT molecular complexity index is 537. The van der Waals surface area contributed by atoms with Crippen LogP contribution in [0.4, 0.5) is 4.39 Å². The molecule has 0 saturated carbocycles. The molecule has 0 aliphatic rings. The summed E-state index contributed by atoms with van der Waals surface area (Å²) in [6.45, 7) is 5.73. The normalized spacial score (nSPS) is 11.7. The van der Waals surface area contributed by atoms with Crippen LogP contribution >= 0.6 is 0 Å². The Hall–Kier alpha value is -2.15. The molecular formula is C16H25FN3O3+. The van der Waals surface area contributed by atoms with E-state index in [1.54, 1.807) is 12.1 Å². The summed E-state index contributed by atoms with van der Waals surface area (Å²) in [6.07, 6.45) is 0. The molecular weight excluding hydrogens is 301 g/mol. The van der Waals surface area contributed by atoms with Gasteiger partial charge >= 0.3 is 0 Å². The van der Waals surface area contributed by atoms with Crippen LogP contribution in [0.3, 0.4) is 0 Å². The number of hydrogen-bond donors (Lipinski definition) is 3. The van der Waals surface area contributed by atoms with Gasteiger partial charge in [-0.15, -0.1) is 0 Å². The molecule has 7 heteroatoms. The van der Waals surface area contributed by atoms with Crippen LogP contribution in [0, 0.1) is 5.82 Å². The average Bonchev–Trinajstić information content (AvgIpc) is 2.53. The molecule has 3 N–H and O–H groups in total. The van der Waals surface area contributed by atoms with E-state index >= 15 is 0 Å². The van der Waals surface area contributed by atoms with Crippen molar-refractivity contribution in [2.24, 2.45) is 0 Å². The quantitative estimate of drug-likeness (QED) is 0.572. The van der Waals surface area contributed by atoms with E-state index in [1.165, 1.54) is 13.2 Å². The Morgan fingerprint density at radius 2 is 1.96 bits per heavy atom. The number of carbonyl (C=O) groups is 2. The van der Waals surface area contributed by atoms with E-state index in [2.05, 4.69) is 10.6 Å². The molecule has 0 radical (unpaired) electrons. The Morgan fingerprint density at radius 3 is 2.52 bits per heavy atom. The minimum absolute atomic E-state index is 0.0270. The first kappa shape index (κ1) is 18.9. The van der Waals surface area contributed by atoms with Gasteiger partial charge in [0.2, 0.25) is 5.91 Å². The SMILES string of the molecule is CCNC(=O)CNC(=O)C[NH+](CC)Cc1ccc(OC)c(F)c1. The van der Waals surface area contributed by atoms with E-state index in [4.69, 9.17) is 4.74 Å². The zero-order valence-electron chi connectivity index (χ0n) is 13.9. The second kappa shape index (κ2) is 9.78. The van der Waals surface area contributed by atoms with E-state index in [9.17, 15) is 14.0 Å². The Balaban J connectivity index is 2.52. The van der Waals surface area contributed by atoms with Crippen LogP contribution in [0.25, 0.3) is 0 Å². The van der Waals surface area contributed by atoms with Crippen molar-refractivity contribution >= 4 is 11.8 Å². The molecule has 0 aromatic heterocycles. The fourth-order valence-corrected chi connectivity index (χ4v) is 2.15. The largest absolute Gasteiger partial charge is 0.494 e. The number of hydrogen-bond acceptors (Lipinski definition) is 3. The van der Waals surface area contributed by atoms with Gasteiger partial charge in [0.15, 0.2) is 18.1 Å². The van der Waals surface area contributed by atoms with Crippen molar-refractivity contribution in [1.82, 2.24) is 10.6 Å². The van der Waals surface area contributed by atoms with Crippen molar-refractivity contribution in [2.45, 2.75) is 20.4 Å². The van der Waals surface area contributed by atoms with Gasteiger partial charge in [-0.1, -0.05) is 0 Å². The molecule has 1 atom stereocenters. The number of quaternary nitrogens is 1. The first-order valence-corrected chi connectivity index (χ1v) is 7.69. The lowest BCUT2D eigenvalue weighted by Gasteiger charge is -2.17. The number of benzene rings is 1. The minimum atomic E-state index is -0.416. The van der Waals surface area contributed by atoms with Gasteiger partial charge in [0.25, 0.3) is 5.91 Å². The molecule has 0 spiro atoms. The van der Waals surface area contributed by atoms with Crippen molar-refractivity contribution in [3.63, 3.8) is 0 Å². The van der Waals surface area contributed by atoms with Crippen LogP contribution in [-0.2, 0) is 16.1 Å². The van der Waals surface area contributed by atoms with Crippen LogP contribution in [0.5, 0.6) is 5.75 Å². The maximum Gasteiger partial charge on any atom is 0.275 e. The maximum atomic E-state index is 13.7. The first-order chi connectivity index (χ1) is 11.0. The summed E-state index contributed by atoms with van der Waals surface area (Å²) in [5.74, 6) is -0.633. The number of amides is 2. The summed E-state index contributed by atoms with van der Waals surface area (Å²) in [4.78, 5) is 24.2. The number of carbonyl (C=O) groups excluding carboxylic acids is 2. The summed E-state index contributed by atoms with van der Waals surface area (Å²) < 4.78 is 18.6. The molecule has 1 aromatic rings. The molecule has 1 aromatic carbocycles. The number of halogens is 1. The van der Waals surface area contributed by atoms with Crippen molar-refractivity contribution < 1.29 is 23.6 Å². The van der Waals surface area contributed by atoms with Gasteiger partial charge in [-0.25, -0.2) is 4.39 Å². The van der Waals surface area contributed by atoms with Gasteiger partial charge in [-0.3, -0.25) is 9.59 Å². The highest BCUT2D eigenvalue weighted by Crippen LogP contribution is 2.16. The maximum absolute atomic E-state index is 13.7. The molecule has 23 heavy (non-hydrogen) atoms. The number of likely N-dealkylation sites (N-methyl/N-ethyl adjacent to an activating group) is 2. The molecule has 6 nitrogen and oxygen atoms in total. The van der Waals surface area contributed by atoms with Gasteiger partial charge in [0, 0.05) is 12.1 Å². The lowest BCUT2D eigenvalue weighted by Crippen LogP contribution is -3.11. The van der Waals surface area contributed by atoms with E-state index in [0.29, 0.717) is 19.6 Å². The second-order valence-corrected chi connectivity index (χ2v) is 5.16. The summed E-state index contributed by atoms with van der Waals surface area (Å²) in [5.41, 5.74) is 0.789. The molecule has 2 amide bonds. The fourth-order valence-electron chi connectivity index (χ4n) is 2.15. The highest BCUT2D eigenvalue weighted by atomic mass is 19.1. The number of nitrogens with one attached hydrogen (secondary N) is 3. The smallest absolute Gasteiger partial charge is 0.275 e. The van der Waals surface area contributed by atoms with Crippen LogP contribution in [0.15, 0.2) is 18.2 Å². The molecule has 128 valence electrons. The van der Waals surface area contributed by atoms with Crippen LogP contribution < -0.4 is 20.3 Å². The zero-order chi connectivity index (χ0) is 17.2. The Labute approximate surface area is 136 Å². The average molecular weight is 326 g/mol. The summed E-state index contributed by atoms with van der Waals surface area (Å²) in [6, 6.07) is 4.78. The van der Waals surface area contributed by atoms with Gasteiger partial charge in [0.05, 0.1) is 20.2 Å². The number of rotatable bonds is 9. The third kappa shape index (κ3) is 6.65. The lowest BCUT2D eigenvalue weighted by molar-refractivity contribution is -0.904. The topological polar surface area (TPSA) is 71.9 Å². The van der Waals surface area contributed by atoms with Gasteiger partial charge in [-0.05, 0) is 32.0 Å². The standard InChI is InChI=1S/C16H24FN3O3/c1-4-18-15(21)9-19-16(22)11-20(5-2)10-12-6-7-14(23-3)13(17)8-12/h6-8H,4-5,9-11H2,1-3H3,(H,18,21)(H,19,22)/p+1. The van der Waals surface area contributed by atoms with Gasteiger partial charge in [-0.2, -0.15) is 0 Å². The highest BCUT2D eigenvalue weighted by Gasteiger charge is 2.15. The van der Waals surface area contributed by atoms with E-state index in [-0.39, 0.29) is 30.7 Å². The lowest BCUT2D eigenvalue weighted by atomic mass is 10.2. The molecule has 0 fully saturated rings. The molecule has 1 unspecified atom stereocenters. The van der Waals surface area contributed by atoms with E-state index < -0.39 is 5.82 Å². The Kier molecular flexibility index (Phi) is 8.04. The van der Waals surface area contributed by atoms with Crippen molar-refractivity contribution in [1.29, 1.82) is 0 Å². The second-order valence-electron chi connectivity index (χ2n) is 5.16. The third-order valence-electron chi connectivity index (χ3n) is 3.40. The van der Waals surface area contributed by atoms with Gasteiger partial charge in [0.1, 0.15) is 6.54 Å². The van der Waals surface area contributed by atoms with Crippen molar-refractivity contribution in [2.75, 3.05) is 33.3 Å². The van der Waals surface area contributed by atoms with Crippen molar-refractivity contribution in [3.05, 3.63) is 29.6 Å². The van der Waals surface area contributed by atoms with Crippen LogP contribution in [-0.4, -0.2) is 45.1 Å². The molecule has 0 aliphatic heterocycles. The highest BCUT2D eigenvalue weighted by molar-refractivity contribution is 5.84. The molecule has 0 heterocycles. The monoisotopic (exact) mass is 326 g/mol. The molecule has 0 aliphatic carbocycles. The van der Waals surface area contributed by atoms with E-state index in [0.717, 1.165) is 10.5 Å². The molecule has 1 rings (SSSR count).